The Morgan fingerprint density at radius 1 is 0.489 bits per heavy atom. The van der Waals surface area contributed by atoms with Gasteiger partial charge in [0.2, 0.25) is 5.91 Å². The smallest absolute Gasteiger partial charge is 0.266 e. The fourth-order valence-corrected chi connectivity index (χ4v) is 17.2. The second kappa shape index (κ2) is 40.6. The summed E-state index contributed by atoms with van der Waals surface area (Å²) >= 11 is 3.32. The van der Waals surface area contributed by atoms with Crippen molar-refractivity contribution in [3.63, 3.8) is 0 Å². The van der Waals surface area contributed by atoms with E-state index in [-0.39, 0.29) is 71.2 Å². The van der Waals surface area contributed by atoms with Crippen LogP contribution in [0.3, 0.4) is 0 Å². The molecule has 4 unspecified atom stereocenters. The second-order valence-corrected chi connectivity index (χ2v) is 33.8. The number of aliphatic imine (C=N–C) groups is 4. The van der Waals surface area contributed by atoms with Gasteiger partial charge in [0.1, 0.15) is 12.4 Å². The molecule has 12 aromatic rings. The molecule has 1 aromatic heterocycles. The quantitative estimate of drug-likeness (QED) is 0.0327. The number of guanidine groups is 4. The van der Waals surface area contributed by atoms with Crippen molar-refractivity contribution in [3.8, 4) is 50.6 Å². The fraction of sp³-hybridized carbons (Fsp3) is 0.229. The molecule has 0 saturated carbocycles. The number of aromatic nitrogens is 1. The first-order valence-electron chi connectivity index (χ1n) is 43.3. The van der Waals surface area contributed by atoms with E-state index < -0.39 is 22.2 Å². The Hall–Kier alpha value is -14.9. The Bertz CT molecular complexity index is 6240. The standard InChI is InChI=1S/C34H41N5O3.C31H28N4O2.C30H27N3O3.C10H11BrN4O/c1-23(26-9-6-5-7-10-26)36-21-28-13-14-30(42-4)20-31(28)27-11-8-12-29(19-27)34(3)32(41)39(33(35)37-34)22-25-15-17-38(18-16-25)24(2)40;1-2-33-28(36)24-18-16-23(17-19-24)25-11-9-10-22(20-25)21-35-29(37)31(34-30(35)32,26-12-5-3-6-13-26)27-14-7-4-8-15-27;1-33-28(34)30(32-29(33)31,24-13-7-4-8-14-24)25-15-9-12-22(18-25)23-16-17-26(35-2)27(19-23)36-20-21-10-5-3-6-11-21;1-10(6-3-7(11)5-13-4-6)8(16)15(2)9(12)14-10/h5-14,19-20,23,25,36H,15-18,21-22H2,1-4H3,(H2,35,37);3-20H,2,21H2,1H3,(H2,32,34)(H,33,36);3-19H,20H2,1-2H3,(H2,31,32);3-5H,1-2H3,(H2,12,14). The van der Waals surface area contributed by atoms with Crippen LogP contribution < -0.4 is 47.8 Å². The van der Waals surface area contributed by atoms with Gasteiger partial charge in [-0.15, -0.1) is 0 Å². The topological polar surface area (TPSA) is 337 Å². The van der Waals surface area contributed by atoms with Crippen LogP contribution >= 0.6 is 15.9 Å². The average molecular weight is 1820 g/mol. The molecule has 10 N–H and O–H groups in total. The van der Waals surface area contributed by atoms with Crippen LogP contribution in [0.1, 0.15) is 119 Å². The van der Waals surface area contributed by atoms with E-state index in [1.807, 2.05) is 274 Å². The van der Waals surface area contributed by atoms with Gasteiger partial charge in [-0.2, -0.15) is 0 Å². The van der Waals surface area contributed by atoms with Crippen molar-refractivity contribution < 1.29 is 43.0 Å². The third-order valence-corrected chi connectivity index (χ3v) is 24.9. The molecule has 4 atom stereocenters. The Balaban J connectivity index is 0.000000146. The number of likely N-dealkylation sites (N-methyl/N-ethyl adjacent to an activating group) is 2. The fourth-order valence-electron chi connectivity index (χ4n) is 16.9. The highest BCUT2D eigenvalue weighted by atomic mass is 79.9. The van der Waals surface area contributed by atoms with Gasteiger partial charge >= 0.3 is 0 Å². The van der Waals surface area contributed by atoms with Gasteiger partial charge in [0.25, 0.3) is 29.5 Å². The summed E-state index contributed by atoms with van der Waals surface area (Å²) in [6.45, 7) is 13.1. The Labute approximate surface area is 772 Å². The van der Waals surface area contributed by atoms with Crippen LogP contribution in [0, 0.1) is 5.92 Å². The molecular formula is C105H107BrN16O9. The van der Waals surface area contributed by atoms with Gasteiger partial charge in [-0.25, -0.2) is 20.0 Å². The zero-order valence-corrected chi connectivity index (χ0v) is 76.3. The lowest BCUT2D eigenvalue weighted by Crippen LogP contribution is -2.46. The second-order valence-electron chi connectivity index (χ2n) is 32.9. The monoisotopic (exact) mass is 1810 g/mol. The lowest BCUT2D eigenvalue weighted by Gasteiger charge is -2.33. The van der Waals surface area contributed by atoms with Crippen LogP contribution in [0.4, 0.5) is 0 Å². The molecule has 0 bridgehead atoms. The van der Waals surface area contributed by atoms with Gasteiger partial charge in [0.05, 0.1) is 20.8 Å². The largest absolute Gasteiger partial charge is 0.497 e. The number of pyridine rings is 1. The van der Waals surface area contributed by atoms with Crippen molar-refractivity contribution in [3.05, 3.63) is 369 Å². The first kappa shape index (κ1) is 92.3. The summed E-state index contributed by atoms with van der Waals surface area (Å²) in [4.78, 5) is 107. The van der Waals surface area contributed by atoms with E-state index in [4.69, 9.17) is 52.1 Å². The van der Waals surface area contributed by atoms with Gasteiger partial charge < -0.3 is 52.7 Å². The first-order chi connectivity index (χ1) is 63.2. The molecule has 26 heteroatoms. The van der Waals surface area contributed by atoms with Crippen LogP contribution in [0.15, 0.2) is 328 Å². The molecule has 131 heavy (non-hydrogen) atoms. The molecule has 6 heterocycles. The zero-order valence-electron chi connectivity index (χ0n) is 74.7. The highest BCUT2D eigenvalue weighted by Crippen LogP contribution is 2.45. The predicted octanol–water partition coefficient (Wildman–Crippen LogP) is 15.4. The first-order valence-corrected chi connectivity index (χ1v) is 44.1. The number of nitrogens with zero attached hydrogens (tertiary/aromatic N) is 10. The van der Waals surface area contributed by atoms with Gasteiger partial charge in [0.15, 0.2) is 57.5 Å². The van der Waals surface area contributed by atoms with Crippen molar-refractivity contribution in [2.75, 3.05) is 54.5 Å². The molecule has 5 aliphatic heterocycles. The van der Waals surface area contributed by atoms with Crippen molar-refractivity contribution in [1.29, 1.82) is 0 Å². The zero-order chi connectivity index (χ0) is 92.7. The van der Waals surface area contributed by atoms with Crippen molar-refractivity contribution >= 4 is 75.2 Å². The minimum atomic E-state index is -1.24. The molecule has 6 amide bonds. The molecule has 25 nitrogen and oxygen atoms in total. The van der Waals surface area contributed by atoms with Crippen LogP contribution in [-0.4, -0.2) is 143 Å². The summed E-state index contributed by atoms with van der Waals surface area (Å²) in [5.41, 5.74) is 35.4. The van der Waals surface area contributed by atoms with Gasteiger partial charge in [0, 0.05) is 87.8 Å². The van der Waals surface area contributed by atoms with Crippen LogP contribution in [0.5, 0.6) is 17.2 Å². The maximum absolute atomic E-state index is 14.0. The van der Waals surface area contributed by atoms with Crippen LogP contribution in [-0.2, 0) is 65.8 Å². The molecule has 0 radical (unpaired) electrons. The highest BCUT2D eigenvalue weighted by Gasteiger charge is 2.52. The number of piperidine rings is 1. The van der Waals surface area contributed by atoms with Gasteiger partial charge in [-0.05, 0) is 206 Å². The van der Waals surface area contributed by atoms with E-state index in [1.54, 1.807) is 64.4 Å². The molecule has 11 aromatic carbocycles. The normalized spacial score (nSPS) is 18.2. The SMILES string of the molecule is CCNC(=O)c1ccc(-c2cccc(CN3C(=O)C(c4ccccc4)(c4ccccc4)N=C3N)c2)cc1.CN1C(=O)C(C)(c2cncc(Br)c2)N=C1N.COc1ccc(-c2cccc(C3(c4ccccc4)N=C(N)N(C)C3=O)c2)cc1OCc1ccccc1.COc1ccc(CNC(C)c2ccccc2)c(-c2cccc(C3(C)N=C(N)N(CC4CCN(C(C)=O)CC4)C3=O)c2)c1. The number of nitrogens with one attached hydrogen (secondary N) is 2. The van der Waals surface area contributed by atoms with Gasteiger partial charge in [-0.1, -0.05) is 231 Å². The molecule has 5 aliphatic rings. The maximum Gasteiger partial charge on any atom is 0.266 e. The number of carbonyl (C=O) groups is 6. The Morgan fingerprint density at radius 3 is 1.58 bits per heavy atom. The number of carbonyl (C=O) groups excluding carboxylic acids is 6. The maximum atomic E-state index is 14.0. The predicted molar refractivity (Wildman–Crippen MR) is 516 cm³/mol. The molecule has 0 aliphatic carbocycles. The van der Waals surface area contributed by atoms with E-state index in [0.717, 1.165) is 107 Å². The number of amides is 6. The van der Waals surface area contributed by atoms with Crippen molar-refractivity contribution in [2.45, 2.75) is 95.4 Å². The van der Waals surface area contributed by atoms with Gasteiger partial charge in [-0.3, -0.25) is 53.4 Å². The number of hydrogen-bond acceptors (Lipinski definition) is 19. The lowest BCUT2D eigenvalue weighted by atomic mass is 9.82. The summed E-state index contributed by atoms with van der Waals surface area (Å²) in [6.07, 6.45) is 4.97. The third kappa shape index (κ3) is 19.9. The highest BCUT2D eigenvalue weighted by molar-refractivity contribution is 9.10. The van der Waals surface area contributed by atoms with E-state index >= 15 is 0 Å². The molecule has 0 spiro atoms. The minimum Gasteiger partial charge on any atom is -0.497 e. The number of nitrogens with two attached hydrogens (primary N) is 4. The summed E-state index contributed by atoms with van der Waals surface area (Å²) < 4.78 is 18.0. The van der Waals surface area contributed by atoms with Crippen molar-refractivity contribution in [1.82, 2.24) is 40.1 Å². The summed E-state index contributed by atoms with van der Waals surface area (Å²) in [5.74, 6) is 2.56. The number of rotatable bonds is 24. The number of methoxy groups -OCH3 is 2. The van der Waals surface area contributed by atoms with Crippen molar-refractivity contribution in [2.24, 2.45) is 48.8 Å². The average Bonchev–Trinajstić information content (AvgIpc) is 1.60. The molecule has 1 fully saturated rings. The number of ether oxygens (including phenoxy) is 3. The molecular weight excluding hydrogens is 1710 g/mol. The van der Waals surface area contributed by atoms with E-state index in [2.05, 4.69) is 79.9 Å². The van der Waals surface area contributed by atoms with Crippen LogP contribution in [0.2, 0.25) is 0 Å². The minimum absolute atomic E-state index is 0.0922. The number of likely N-dealkylation sites (tertiary alicyclic amines) is 1. The summed E-state index contributed by atoms with van der Waals surface area (Å²) in [7, 11) is 6.55. The van der Waals surface area contributed by atoms with E-state index in [9.17, 15) is 28.8 Å². The van der Waals surface area contributed by atoms with Crippen LogP contribution in [0.25, 0.3) is 33.4 Å². The molecule has 17 rings (SSSR count). The summed E-state index contributed by atoms with van der Waals surface area (Å²) in [5, 5.41) is 6.45. The Morgan fingerprint density at radius 2 is 1.00 bits per heavy atom. The number of halogens is 1. The number of benzene rings is 11. The van der Waals surface area contributed by atoms with E-state index in [1.165, 1.54) is 15.4 Å². The Kier molecular flexibility index (Phi) is 28.6. The molecule has 1 saturated heterocycles. The number of hydrogen-bond donors (Lipinski definition) is 6. The summed E-state index contributed by atoms with van der Waals surface area (Å²) in [6, 6.07) is 94.2. The van der Waals surface area contributed by atoms with E-state index in [0.29, 0.717) is 62.9 Å². The molecule has 668 valence electrons. The third-order valence-electron chi connectivity index (χ3n) is 24.4. The lowest BCUT2D eigenvalue weighted by molar-refractivity contribution is -0.133.